The molecule has 0 unspecified atom stereocenters. The van der Waals surface area contributed by atoms with E-state index in [4.69, 9.17) is 10.8 Å². The van der Waals surface area contributed by atoms with Crippen molar-refractivity contribution in [1.82, 2.24) is 0 Å². The van der Waals surface area contributed by atoms with E-state index in [1.54, 1.807) is 0 Å². The Morgan fingerprint density at radius 2 is 2.05 bits per heavy atom. The third-order valence-electron chi connectivity index (χ3n) is 3.57. The number of carbonyl (C=O) groups is 1. The SMILES string of the molecule is Nc1ccc2c(c1)CCCC(=O)N2CCCCCO. The summed E-state index contributed by atoms with van der Waals surface area (Å²) in [6.45, 7) is 0.955. The van der Waals surface area contributed by atoms with Crippen molar-refractivity contribution in [2.75, 3.05) is 23.8 Å². The molecule has 0 aliphatic carbocycles. The third-order valence-corrected chi connectivity index (χ3v) is 3.57. The number of hydrogen-bond donors (Lipinski definition) is 2. The van der Waals surface area contributed by atoms with Crippen LogP contribution in [0.3, 0.4) is 0 Å². The van der Waals surface area contributed by atoms with Gasteiger partial charge in [0.15, 0.2) is 0 Å². The minimum absolute atomic E-state index is 0.201. The highest BCUT2D eigenvalue weighted by Crippen LogP contribution is 2.29. The molecule has 0 aromatic heterocycles. The van der Waals surface area contributed by atoms with Crippen LogP contribution in [0.2, 0.25) is 0 Å². The lowest BCUT2D eigenvalue weighted by atomic mass is 10.1. The van der Waals surface area contributed by atoms with E-state index < -0.39 is 0 Å². The second kappa shape index (κ2) is 6.57. The van der Waals surface area contributed by atoms with E-state index in [0.29, 0.717) is 6.42 Å². The number of nitrogens with zero attached hydrogens (tertiary/aromatic N) is 1. The number of unbranched alkanes of at least 4 members (excludes halogenated alkanes) is 2. The van der Waals surface area contributed by atoms with Crippen molar-refractivity contribution in [3.8, 4) is 0 Å². The fourth-order valence-corrected chi connectivity index (χ4v) is 2.57. The highest BCUT2D eigenvalue weighted by atomic mass is 16.2. The number of amides is 1. The maximum atomic E-state index is 12.2. The number of benzene rings is 1. The summed E-state index contributed by atoms with van der Waals surface area (Å²) in [5.41, 5.74) is 8.77. The fourth-order valence-electron chi connectivity index (χ4n) is 2.57. The molecule has 1 aliphatic heterocycles. The van der Waals surface area contributed by atoms with E-state index in [9.17, 15) is 4.79 Å². The second-order valence-corrected chi connectivity index (χ2v) is 5.07. The zero-order chi connectivity index (χ0) is 13.7. The first kappa shape index (κ1) is 13.9. The Morgan fingerprint density at radius 1 is 1.21 bits per heavy atom. The Kier molecular flexibility index (Phi) is 4.80. The van der Waals surface area contributed by atoms with Crippen LogP contribution in [-0.2, 0) is 11.2 Å². The lowest BCUT2D eigenvalue weighted by Gasteiger charge is -2.23. The first-order valence-electron chi connectivity index (χ1n) is 7.02. The second-order valence-electron chi connectivity index (χ2n) is 5.07. The molecule has 0 bridgehead atoms. The van der Waals surface area contributed by atoms with Gasteiger partial charge >= 0.3 is 0 Å². The van der Waals surface area contributed by atoms with Gasteiger partial charge in [0.1, 0.15) is 0 Å². The molecule has 0 fully saturated rings. The van der Waals surface area contributed by atoms with Crippen LogP contribution in [0.25, 0.3) is 0 Å². The van der Waals surface area contributed by atoms with Crippen molar-refractivity contribution in [3.63, 3.8) is 0 Å². The van der Waals surface area contributed by atoms with Crippen LogP contribution < -0.4 is 10.6 Å². The number of aryl methyl sites for hydroxylation is 1. The molecule has 0 saturated heterocycles. The van der Waals surface area contributed by atoms with Crippen molar-refractivity contribution in [1.29, 1.82) is 0 Å². The summed E-state index contributed by atoms with van der Waals surface area (Å²) in [6, 6.07) is 5.80. The summed E-state index contributed by atoms with van der Waals surface area (Å²) in [5, 5.41) is 8.79. The molecule has 1 aliphatic rings. The summed E-state index contributed by atoms with van der Waals surface area (Å²) in [4.78, 5) is 14.1. The first-order valence-corrected chi connectivity index (χ1v) is 7.02. The smallest absolute Gasteiger partial charge is 0.226 e. The molecule has 19 heavy (non-hydrogen) atoms. The molecule has 3 N–H and O–H groups in total. The molecule has 4 heteroatoms. The molecule has 4 nitrogen and oxygen atoms in total. The molecule has 1 amide bonds. The Labute approximate surface area is 114 Å². The Bertz CT molecular complexity index is 446. The number of aliphatic hydroxyl groups excluding tert-OH is 1. The number of fused-ring (bicyclic) bond motifs is 1. The van der Waals surface area contributed by atoms with Crippen LogP contribution in [-0.4, -0.2) is 24.2 Å². The molecule has 104 valence electrons. The van der Waals surface area contributed by atoms with Crippen molar-refractivity contribution < 1.29 is 9.90 Å². The monoisotopic (exact) mass is 262 g/mol. The summed E-state index contributed by atoms with van der Waals surface area (Å²) in [7, 11) is 0. The zero-order valence-corrected chi connectivity index (χ0v) is 11.3. The van der Waals surface area contributed by atoms with E-state index in [1.165, 1.54) is 5.56 Å². The number of hydrogen-bond acceptors (Lipinski definition) is 3. The van der Waals surface area contributed by atoms with Gasteiger partial charge in [-0.25, -0.2) is 0 Å². The molecule has 1 aromatic carbocycles. The van der Waals surface area contributed by atoms with E-state index in [-0.39, 0.29) is 12.5 Å². The third kappa shape index (κ3) is 3.47. The minimum Gasteiger partial charge on any atom is -0.399 e. The van der Waals surface area contributed by atoms with Crippen LogP contribution in [0.4, 0.5) is 11.4 Å². The van der Waals surface area contributed by atoms with E-state index in [1.807, 2.05) is 23.1 Å². The molecule has 0 radical (unpaired) electrons. The maximum absolute atomic E-state index is 12.2. The van der Waals surface area contributed by atoms with Crippen molar-refractivity contribution in [2.24, 2.45) is 0 Å². The number of rotatable bonds is 5. The van der Waals surface area contributed by atoms with Gasteiger partial charge in [-0.05, 0) is 55.9 Å². The number of anilines is 2. The Morgan fingerprint density at radius 3 is 2.84 bits per heavy atom. The fraction of sp³-hybridized carbons (Fsp3) is 0.533. The predicted octanol–water partition coefficient (Wildman–Crippen LogP) is 2.10. The molecule has 2 rings (SSSR count). The molecule has 0 atom stereocenters. The first-order chi connectivity index (χ1) is 9.22. The van der Waals surface area contributed by atoms with Crippen LogP contribution in [0, 0.1) is 0 Å². The van der Waals surface area contributed by atoms with Crippen LogP contribution >= 0.6 is 0 Å². The molecule has 0 saturated carbocycles. The van der Waals surface area contributed by atoms with Gasteiger partial charge in [0.2, 0.25) is 5.91 Å². The number of aliphatic hydroxyl groups is 1. The van der Waals surface area contributed by atoms with Crippen LogP contribution in [0.15, 0.2) is 18.2 Å². The zero-order valence-electron chi connectivity index (χ0n) is 11.3. The summed E-state index contributed by atoms with van der Waals surface area (Å²) in [6.07, 6.45) is 5.09. The predicted molar refractivity (Wildman–Crippen MR) is 77.1 cm³/mol. The van der Waals surface area contributed by atoms with Gasteiger partial charge < -0.3 is 15.7 Å². The average molecular weight is 262 g/mol. The van der Waals surface area contributed by atoms with E-state index >= 15 is 0 Å². The van der Waals surface area contributed by atoms with Crippen molar-refractivity contribution in [2.45, 2.75) is 38.5 Å². The topological polar surface area (TPSA) is 66.6 Å². The molecular weight excluding hydrogens is 240 g/mol. The van der Waals surface area contributed by atoms with Crippen LogP contribution in [0.1, 0.15) is 37.7 Å². The molecule has 0 spiro atoms. The van der Waals surface area contributed by atoms with Gasteiger partial charge in [-0.3, -0.25) is 4.79 Å². The van der Waals surface area contributed by atoms with Crippen molar-refractivity contribution in [3.05, 3.63) is 23.8 Å². The standard InChI is InChI=1S/C15H22N2O2/c16-13-7-8-14-12(11-13)5-4-6-15(19)17(14)9-2-1-3-10-18/h7-8,11,18H,1-6,9-10,16H2. The van der Waals surface area contributed by atoms with E-state index in [2.05, 4.69) is 0 Å². The number of nitrogens with two attached hydrogens (primary N) is 1. The summed E-state index contributed by atoms with van der Waals surface area (Å²) in [5.74, 6) is 0.201. The largest absolute Gasteiger partial charge is 0.399 e. The summed E-state index contributed by atoms with van der Waals surface area (Å²) < 4.78 is 0. The molecule has 1 heterocycles. The van der Waals surface area contributed by atoms with Gasteiger partial charge in [-0.2, -0.15) is 0 Å². The Balaban J connectivity index is 2.13. The minimum atomic E-state index is 0.201. The quantitative estimate of drug-likeness (QED) is 0.631. The highest BCUT2D eigenvalue weighted by Gasteiger charge is 2.21. The van der Waals surface area contributed by atoms with Gasteiger partial charge in [0.25, 0.3) is 0 Å². The lowest BCUT2D eigenvalue weighted by molar-refractivity contribution is -0.118. The average Bonchev–Trinajstić information content (AvgIpc) is 2.54. The summed E-state index contributed by atoms with van der Waals surface area (Å²) >= 11 is 0. The molecular formula is C15H22N2O2. The lowest BCUT2D eigenvalue weighted by Crippen LogP contribution is -2.31. The van der Waals surface area contributed by atoms with E-state index in [0.717, 1.165) is 50.0 Å². The van der Waals surface area contributed by atoms with Gasteiger partial charge in [-0.1, -0.05) is 0 Å². The van der Waals surface area contributed by atoms with Crippen LogP contribution in [0.5, 0.6) is 0 Å². The highest BCUT2D eigenvalue weighted by molar-refractivity contribution is 5.95. The molecule has 1 aromatic rings. The number of nitrogen functional groups attached to an aromatic ring is 1. The Hall–Kier alpha value is -1.55. The number of carbonyl (C=O) groups excluding carboxylic acids is 1. The van der Waals surface area contributed by atoms with Gasteiger partial charge in [0.05, 0.1) is 0 Å². The maximum Gasteiger partial charge on any atom is 0.226 e. The van der Waals surface area contributed by atoms with Crippen molar-refractivity contribution >= 4 is 17.3 Å². The normalized spacial score (nSPS) is 15.2. The van der Waals surface area contributed by atoms with Gasteiger partial charge in [-0.15, -0.1) is 0 Å². The van der Waals surface area contributed by atoms with Gasteiger partial charge in [0, 0.05) is 30.9 Å².